The molecule has 2 aromatic rings. The van der Waals surface area contributed by atoms with Crippen molar-refractivity contribution >= 4 is 17.6 Å². The van der Waals surface area contributed by atoms with Crippen molar-refractivity contribution in [3.05, 3.63) is 41.1 Å². The normalized spacial score (nSPS) is 15.8. The molecular formula is C16H18N4O3. The number of benzene rings is 1. The minimum absolute atomic E-state index is 0.0280. The number of amides is 2. The van der Waals surface area contributed by atoms with Crippen molar-refractivity contribution in [2.75, 3.05) is 5.32 Å². The molecule has 1 aromatic carbocycles. The summed E-state index contributed by atoms with van der Waals surface area (Å²) in [7, 11) is 0. The predicted molar refractivity (Wildman–Crippen MR) is 84.1 cm³/mol. The Bertz CT molecular complexity index is 751. The highest BCUT2D eigenvalue weighted by Crippen LogP contribution is 2.31. The summed E-state index contributed by atoms with van der Waals surface area (Å²) < 4.78 is 7.10. The number of ether oxygens (including phenoxy) is 1. The molecule has 1 unspecified atom stereocenters. The Morgan fingerprint density at radius 2 is 2.13 bits per heavy atom. The number of aryl methyl sites for hydroxylation is 2. The third-order valence-corrected chi connectivity index (χ3v) is 3.85. The first kappa shape index (κ1) is 15.1. The fourth-order valence-electron chi connectivity index (χ4n) is 2.54. The SMILES string of the molecule is Cc1cc2c(cc1C)OC(C(=O)Nc1ccn(CC(N)=O)n1)C2. The number of fused-ring (bicyclic) bond motifs is 1. The van der Waals surface area contributed by atoms with E-state index in [0.29, 0.717) is 12.2 Å². The second kappa shape index (κ2) is 5.75. The maximum Gasteiger partial charge on any atom is 0.266 e. The number of aromatic nitrogens is 2. The molecule has 120 valence electrons. The van der Waals surface area contributed by atoms with Crippen molar-refractivity contribution in [1.82, 2.24) is 9.78 Å². The first-order valence-electron chi connectivity index (χ1n) is 7.32. The Kier molecular flexibility index (Phi) is 3.77. The highest BCUT2D eigenvalue weighted by molar-refractivity contribution is 5.94. The Hall–Kier alpha value is -2.83. The number of carbonyl (C=O) groups is 2. The zero-order valence-electron chi connectivity index (χ0n) is 13.0. The van der Waals surface area contributed by atoms with Crippen LogP contribution in [0.2, 0.25) is 0 Å². The molecular weight excluding hydrogens is 296 g/mol. The second-order valence-electron chi connectivity index (χ2n) is 5.71. The van der Waals surface area contributed by atoms with E-state index in [0.717, 1.165) is 16.9 Å². The van der Waals surface area contributed by atoms with Crippen LogP contribution in [0.5, 0.6) is 5.75 Å². The summed E-state index contributed by atoms with van der Waals surface area (Å²) in [6.07, 6.45) is 1.54. The van der Waals surface area contributed by atoms with E-state index in [1.54, 1.807) is 12.3 Å². The average Bonchev–Trinajstić information content (AvgIpc) is 3.05. The lowest BCUT2D eigenvalue weighted by Gasteiger charge is -2.10. The van der Waals surface area contributed by atoms with Crippen molar-refractivity contribution in [2.45, 2.75) is 32.9 Å². The summed E-state index contributed by atoms with van der Waals surface area (Å²) in [5.41, 5.74) is 8.45. The summed E-state index contributed by atoms with van der Waals surface area (Å²) in [6.45, 7) is 4.02. The summed E-state index contributed by atoms with van der Waals surface area (Å²) in [5, 5.41) is 6.76. The van der Waals surface area contributed by atoms with E-state index < -0.39 is 12.0 Å². The monoisotopic (exact) mass is 314 g/mol. The minimum atomic E-state index is -0.576. The maximum absolute atomic E-state index is 12.3. The summed E-state index contributed by atoms with van der Waals surface area (Å²) in [6, 6.07) is 5.62. The van der Waals surface area contributed by atoms with Crippen LogP contribution in [-0.4, -0.2) is 27.7 Å². The Labute approximate surface area is 133 Å². The van der Waals surface area contributed by atoms with Gasteiger partial charge in [-0.25, -0.2) is 0 Å². The lowest BCUT2D eigenvalue weighted by Crippen LogP contribution is -2.31. The molecule has 2 heterocycles. The lowest BCUT2D eigenvalue weighted by molar-refractivity contribution is -0.122. The van der Waals surface area contributed by atoms with Gasteiger partial charge in [0, 0.05) is 18.7 Å². The predicted octanol–water partition coefficient (Wildman–Crippen LogP) is 0.927. The molecule has 23 heavy (non-hydrogen) atoms. The lowest BCUT2D eigenvalue weighted by atomic mass is 10.0. The van der Waals surface area contributed by atoms with Gasteiger partial charge in [0.2, 0.25) is 5.91 Å². The molecule has 0 saturated heterocycles. The van der Waals surface area contributed by atoms with Gasteiger partial charge in [0.15, 0.2) is 11.9 Å². The molecule has 1 atom stereocenters. The van der Waals surface area contributed by atoms with Crippen LogP contribution in [-0.2, 0) is 22.6 Å². The van der Waals surface area contributed by atoms with E-state index in [1.165, 1.54) is 10.2 Å². The standard InChI is InChI=1S/C16H18N4O3/c1-9-5-11-7-13(23-12(11)6-10(9)2)16(22)18-15-3-4-20(19-15)8-14(17)21/h3-6,13H,7-8H2,1-2H3,(H2,17,21)(H,18,19,22). The number of nitrogens with two attached hydrogens (primary N) is 1. The van der Waals surface area contributed by atoms with Gasteiger partial charge in [0.05, 0.1) is 0 Å². The quantitative estimate of drug-likeness (QED) is 0.877. The van der Waals surface area contributed by atoms with Crippen molar-refractivity contribution in [3.63, 3.8) is 0 Å². The third kappa shape index (κ3) is 3.18. The highest BCUT2D eigenvalue weighted by atomic mass is 16.5. The van der Waals surface area contributed by atoms with Crippen molar-refractivity contribution in [1.29, 1.82) is 0 Å². The molecule has 0 fully saturated rings. The van der Waals surface area contributed by atoms with Gasteiger partial charge < -0.3 is 15.8 Å². The maximum atomic E-state index is 12.3. The molecule has 3 rings (SSSR count). The number of carbonyl (C=O) groups excluding carboxylic acids is 2. The van der Waals surface area contributed by atoms with Crippen LogP contribution in [0.15, 0.2) is 24.4 Å². The Morgan fingerprint density at radius 3 is 2.87 bits per heavy atom. The smallest absolute Gasteiger partial charge is 0.266 e. The Morgan fingerprint density at radius 1 is 1.39 bits per heavy atom. The van der Waals surface area contributed by atoms with Gasteiger partial charge in [-0.2, -0.15) is 5.10 Å². The van der Waals surface area contributed by atoms with Gasteiger partial charge in [-0.05, 0) is 36.6 Å². The van der Waals surface area contributed by atoms with Gasteiger partial charge >= 0.3 is 0 Å². The van der Waals surface area contributed by atoms with Gasteiger partial charge in [-0.15, -0.1) is 0 Å². The molecule has 1 aliphatic rings. The second-order valence-corrected chi connectivity index (χ2v) is 5.71. The van der Waals surface area contributed by atoms with Crippen LogP contribution in [0.4, 0.5) is 5.82 Å². The molecule has 7 heteroatoms. The van der Waals surface area contributed by atoms with Gasteiger partial charge in [0.1, 0.15) is 12.3 Å². The first-order chi connectivity index (χ1) is 10.9. The van der Waals surface area contributed by atoms with Crippen LogP contribution in [0.1, 0.15) is 16.7 Å². The van der Waals surface area contributed by atoms with E-state index in [2.05, 4.69) is 16.5 Å². The molecule has 0 radical (unpaired) electrons. The molecule has 0 saturated carbocycles. The molecule has 1 aromatic heterocycles. The van der Waals surface area contributed by atoms with E-state index >= 15 is 0 Å². The Balaban J connectivity index is 1.66. The minimum Gasteiger partial charge on any atom is -0.480 e. The number of rotatable bonds is 4. The van der Waals surface area contributed by atoms with E-state index in [9.17, 15) is 9.59 Å². The largest absolute Gasteiger partial charge is 0.480 e. The molecule has 1 aliphatic heterocycles. The molecule has 7 nitrogen and oxygen atoms in total. The fraction of sp³-hybridized carbons (Fsp3) is 0.312. The topological polar surface area (TPSA) is 99.2 Å². The number of anilines is 1. The van der Waals surface area contributed by atoms with Gasteiger partial charge in [-0.3, -0.25) is 14.3 Å². The van der Waals surface area contributed by atoms with Gasteiger partial charge in [0.25, 0.3) is 5.91 Å². The van der Waals surface area contributed by atoms with Crippen LogP contribution < -0.4 is 15.8 Å². The van der Waals surface area contributed by atoms with E-state index in [-0.39, 0.29) is 12.5 Å². The number of primary amides is 1. The summed E-state index contributed by atoms with van der Waals surface area (Å²) >= 11 is 0. The molecule has 0 aliphatic carbocycles. The van der Waals surface area contributed by atoms with E-state index in [1.807, 2.05) is 19.9 Å². The van der Waals surface area contributed by atoms with Crippen LogP contribution in [0, 0.1) is 13.8 Å². The summed E-state index contributed by atoms with van der Waals surface area (Å²) in [5.74, 6) is 0.364. The van der Waals surface area contributed by atoms with E-state index in [4.69, 9.17) is 10.5 Å². The third-order valence-electron chi connectivity index (χ3n) is 3.85. The molecule has 0 spiro atoms. The summed E-state index contributed by atoms with van der Waals surface area (Å²) in [4.78, 5) is 23.2. The number of hydrogen-bond donors (Lipinski definition) is 2. The number of hydrogen-bond acceptors (Lipinski definition) is 4. The van der Waals surface area contributed by atoms with Crippen LogP contribution in [0.25, 0.3) is 0 Å². The fourth-order valence-corrected chi connectivity index (χ4v) is 2.54. The zero-order valence-corrected chi connectivity index (χ0v) is 13.0. The van der Waals surface area contributed by atoms with Crippen molar-refractivity contribution in [2.24, 2.45) is 5.73 Å². The van der Waals surface area contributed by atoms with Gasteiger partial charge in [-0.1, -0.05) is 6.07 Å². The molecule has 2 amide bonds. The number of nitrogens with one attached hydrogen (secondary N) is 1. The van der Waals surface area contributed by atoms with Crippen LogP contribution >= 0.6 is 0 Å². The first-order valence-corrected chi connectivity index (χ1v) is 7.32. The molecule has 3 N–H and O–H groups in total. The number of nitrogens with zero attached hydrogens (tertiary/aromatic N) is 2. The highest BCUT2D eigenvalue weighted by Gasteiger charge is 2.30. The average molecular weight is 314 g/mol. The zero-order chi connectivity index (χ0) is 16.6. The van der Waals surface area contributed by atoms with Crippen LogP contribution in [0.3, 0.4) is 0 Å². The van der Waals surface area contributed by atoms with Crippen molar-refractivity contribution < 1.29 is 14.3 Å². The van der Waals surface area contributed by atoms with Crippen molar-refractivity contribution in [3.8, 4) is 5.75 Å². The molecule has 0 bridgehead atoms.